The van der Waals surface area contributed by atoms with Gasteiger partial charge in [-0.2, -0.15) is 0 Å². The molecule has 0 saturated carbocycles. The topological polar surface area (TPSA) is 77.2 Å². The van der Waals surface area contributed by atoms with Crippen LogP contribution in [0.2, 0.25) is 5.02 Å². The van der Waals surface area contributed by atoms with Gasteiger partial charge in [0.25, 0.3) is 5.56 Å². The summed E-state index contributed by atoms with van der Waals surface area (Å²) in [7, 11) is 0. The van der Waals surface area contributed by atoms with E-state index in [0.29, 0.717) is 22.7 Å². The van der Waals surface area contributed by atoms with Crippen molar-refractivity contribution in [2.75, 3.05) is 6.61 Å². The molecule has 7 heteroatoms. The molecule has 6 nitrogen and oxygen atoms in total. The molecule has 3 aromatic rings. The lowest BCUT2D eigenvalue weighted by atomic mass is 10.2. The largest absolute Gasteiger partial charge is 0.389 e. The van der Waals surface area contributed by atoms with E-state index in [4.69, 9.17) is 16.3 Å². The summed E-state index contributed by atoms with van der Waals surface area (Å²) in [6.07, 6.45) is 2.13. The fourth-order valence-electron chi connectivity index (χ4n) is 2.33. The molecule has 0 spiro atoms. The van der Waals surface area contributed by atoms with Crippen LogP contribution in [-0.4, -0.2) is 32.4 Å². The Morgan fingerprint density at radius 1 is 1.21 bits per heavy atom. The first-order valence-electron chi connectivity index (χ1n) is 7.44. The third-order valence-electron chi connectivity index (χ3n) is 3.53. The fourth-order valence-corrected chi connectivity index (χ4v) is 2.52. The van der Waals surface area contributed by atoms with E-state index in [1.54, 1.807) is 24.4 Å². The number of aromatic nitrogens is 3. The number of hydrogen-bond acceptors (Lipinski definition) is 5. The predicted octanol–water partition coefficient (Wildman–Crippen LogP) is 2.02. The summed E-state index contributed by atoms with van der Waals surface area (Å²) < 4.78 is 6.83. The first-order valence-corrected chi connectivity index (χ1v) is 7.82. The van der Waals surface area contributed by atoms with Gasteiger partial charge in [-0.05, 0) is 23.8 Å². The Morgan fingerprint density at radius 3 is 2.88 bits per heavy atom. The molecule has 0 aliphatic carbocycles. The monoisotopic (exact) mass is 345 g/mol. The quantitative estimate of drug-likeness (QED) is 0.739. The van der Waals surface area contributed by atoms with Gasteiger partial charge in [-0.15, -0.1) is 0 Å². The molecular formula is C17H16ClN3O3. The van der Waals surface area contributed by atoms with Crippen LogP contribution in [0, 0.1) is 0 Å². The van der Waals surface area contributed by atoms with E-state index < -0.39 is 6.10 Å². The Bertz CT molecular complexity index is 897. The van der Waals surface area contributed by atoms with E-state index >= 15 is 0 Å². The Morgan fingerprint density at radius 2 is 2.04 bits per heavy atom. The molecule has 1 aromatic carbocycles. The van der Waals surface area contributed by atoms with Crippen molar-refractivity contribution in [1.82, 2.24) is 14.5 Å². The third kappa shape index (κ3) is 3.79. The second kappa shape index (κ2) is 7.53. The smallest absolute Gasteiger partial charge is 0.262 e. The van der Waals surface area contributed by atoms with Crippen LogP contribution in [0.3, 0.4) is 0 Å². The van der Waals surface area contributed by atoms with Crippen molar-refractivity contribution >= 4 is 22.6 Å². The Hall–Kier alpha value is -2.28. The number of aliphatic hydroxyl groups excluding tert-OH is 1. The van der Waals surface area contributed by atoms with Crippen LogP contribution < -0.4 is 5.56 Å². The lowest BCUT2D eigenvalue weighted by molar-refractivity contribution is 0.0198. The lowest BCUT2D eigenvalue weighted by Gasteiger charge is -2.13. The molecular weight excluding hydrogens is 330 g/mol. The highest BCUT2D eigenvalue weighted by Crippen LogP contribution is 2.15. The number of fused-ring (bicyclic) bond motifs is 1. The van der Waals surface area contributed by atoms with Crippen molar-refractivity contribution in [3.05, 3.63) is 69.9 Å². The maximum Gasteiger partial charge on any atom is 0.262 e. The molecule has 124 valence electrons. The molecule has 0 radical (unpaired) electrons. The van der Waals surface area contributed by atoms with Crippen LogP contribution in [0.4, 0.5) is 0 Å². The normalized spacial score (nSPS) is 12.4. The predicted molar refractivity (Wildman–Crippen MR) is 90.9 cm³/mol. The van der Waals surface area contributed by atoms with Crippen LogP contribution in [0.5, 0.6) is 0 Å². The summed E-state index contributed by atoms with van der Waals surface area (Å²) in [5.41, 5.74) is 1.00. The van der Waals surface area contributed by atoms with Gasteiger partial charge in [-0.1, -0.05) is 29.8 Å². The van der Waals surface area contributed by atoms with Gasteiger partial charge in [0.1, 0.15) is 6.33 Å². The molecule has 0 fully saturated rings. The highest BCUT2D eigenvalue weighted by Gasteiger charge is 2.10. The van der Waals surface area contributed by atoms with Crippen molar-refractivity contribution in [1.29, 1.82) is 0 Å². The summed E-state index contributed by atoms with van der Waals surface area (Å²) in [5, 5.41) is 11.1. The molecule has 0 aliphatic rings. The average molecular weight is 346 g/mol. The van der Waals surface area contributed by atoms with Crippen molar-refractivity contribution in [2.45, 2.75) is 19.3 Å². The van der Waals surface area contributed by atoms with Gasteiger partial charge in [-0.25, -0.2) is 9.97 Å². The summed E-state index contributed by atoms with van der Waals surface area (Å²) in [5.74, 6) is 0. The molecule has 2 aromatic heterocycles. The first kappa shape index (κ1) is 16.6. The zero-order valence-corrected chi connectivity index (χ0v) is 13.6. The zero-order valence-electron chi connectivity index (χ0n) is 12.8. The minimum Gasteiger partial charge on any atom is -0.389 e. The van der Waals surface area contributed by atoms with E-state index in [9.17, 15) is 9.90 Å². The van der Waals surface area contributed by atoms with Gasteiger partial charge < -0.3 is 9.84 Å². The molecule has 1 N–H and O–H groups in total. The SMILES string of the molecule is O=c1c2cccnc2ncn1C[C@@H](O)COCc1ccccc1Cl. The second-order valence-electron chi connectivity index (χ2n) is 5.34. The molecule has 24 heavy (non-hydrogen) atoms. The Balaban J connectivity index is 1.61. The fraction of sp³-hybridized carbons (Fsp3) is 0.235. The van der Waals surface area contributed by atoms with Gasteiger partial charge in [0.05, 0.1) is 31.2 Å². The number of nitrogens with zero attached hydrogens (tertiary/aromatic N) is 3. The average Bonchev–Trinajstić information content (AvgIpc) is 2.59. The second-order valence-corrected chi connectivity index (χ2v) is 5.74. The van der Waals surface area contributed by atoms with Crippen LogP contribution in [0.25, 0.3) is 11.0 Å². The van der Waals surface area contributed by atoms with Crippen LogP contribution in [-0.2, 0) is 17.9 Å². The Labute approximate surface area is 143 Å². The number of hydrogen-bond donors (Lipinski definition) is 1. The highest BCUT2D eigenvalue weighted by atomic mass is 35.5. The molecule has 1 atom stereocenters. The molecule has 0 amide bonds. The Kier molecular flexibility index (Phi) is 5.20. The first-order chi connectivity index (χ1) is 11.6. The van der Waals surface area contributed by atoms with Gasteiger partial charge in [0.2, 0.25) is 0 Å². The number of benzene rings is 1. The van der Waals surface area contributed by atoms with Gasteiger partial charge >= 0.3 is 0 Å². The molecule has 0 aliphatic heterocycles. The number of rotatable bonds is 6. The van der Waals surface area contributed by atoms with Crippen molar-refractivity contribution < 1.29 is 9.84 Å². The molecule has 0 unspecified atom stereocenters. The van der Waals surface area contributed by atoms with E-state index in [2.05, 4.69) is 9.97 Å². The maximum absolute atomic E-state index is 12.3. The van der Waals surface area contributed by atoms with Crippen molar-refractivity contribution in [3.63, 3.8) is 0 Å². The van der Waals surface area contributed by atoms with Gasteiger partial charge in [0, 0.05) is 11.2 Å². The summed E-state index contributed by atoms with van der Waals surface area (Å²) in [4.78, 5) is 20.5. The molecule has 0 saturated heterocycles. The summed E-state index contributed by atoms with van der Waals surface area (Å²) in [6.45, 7) is 0.480. The summed E-state index contributed by atoms with van der Waals surface area (Å²) in [6, 6.07) is 10.7. The minimum atomic E-state index is -0.832. The lowest BCUT2D eigenvalue weighted by Crippen LogP contribution is -2.29. The number of halogens is 1. The van der Waals surface area contributed by atoms with Gasteiger partial charge in [-0.3, -0.25) is 9.36 Å². The van der Waals surface area contributed by atoms with Crippen molar-refractivity contribution in [3.8, 4) is 0 Å². The maximum atomic E-state index is 12.3. The number of aliphatic hydroxyl groups is 1. The third-order valence-corrected chi connectivity index (χ3v) is 3.90. The number of pyridine rings is 1. The molecule has 0 bridgehead atoms. The van der Waals surface area contributed by atoms with E-state index in [1.807, 2.05) is 18.2 Å². The van der Waals surface area contributed by atoms with Crippen LogP contribution in [0.1, 0.15) is 5.56 Å². The molecule has 2 heterocycles. The molecule has 3 rings (SSSR count). The zero-order chi connectivity index (χ0) is 16.9. The van der Waals surface area contributed by atoms with E-state index in [-0.39, 0.29) is 18.7 Å². The number of ether oxygens (including phenoxy) is 1. The summed E-state index contributed by atoms with van der Waals surface area (Å²) >= 11 is 6.04. The van der Waals surface area contributed by atoms with Crippen LogP contribution >= 0.6 is 11.6 Å². The standard InChI is InChI=1S/C17H16ClN3O3/c18-15-6-2-1-4-12(15)9-24-10-13(22)8-21-11-20-16-14(17(21)23)5-3-7-19-16/h1-7,11,13,22H,8-10H2/t13-/m1/s1. The van der Waals surface area contributed by atoms with E-state index in [0.717, 1.165) is 5.56 Å². The minimum absolute atomic E-state index is 0.0861. The van der Waals surface area contributed by atoms with E-state index in [1.165, 1.54) is 10.9 Å². The highest BCUT2D eigenvalue weighted by molar-refractivity contribution is 6.31. The van der Waals surface area contributed by atoms with Crippen LogP contribution in [0.15, 0.2) is 53.7 Å². The van der Waals surface area contributed by atoms with Gasteiger partial charge in [0.15, 0.2) is 5.65 Å². The van der Waals surface area contributed by atoms with Crippen molar-refractivity contribution in [2.24, 2.45) is 0 Å².